The third-order valence-electron chi connectivity index (χ3n) is 4.00. The highest BCUT2D eigenvalue weighted by Crippen LogP contribution is 2.26. The van der Waals surface area contributed by atoms with E-state index < -0.39 is 0 Å². The van der Waals surface area contributed by atoms with Gasteiger partial charge in [0.15, 0.2) is 0 Å². The van der Waals surface area contributed by atoms with Crippen molar-refractivity contribution < 1.29 is 9.47 Å². The Morgan fingerprint density at radius 1 is 1.00 bits per heavy atom. The van der Waals surface area contributed by atoms with Crippen LogP contribution in [0.5, 0.6) is 5.75 Å². The van der Waals surface area contributed by atoms with Crippen LogP contribution in [0.25, 0.3) is 0 Å². The lowest BCUT2D eigenvalue weighted by atomic mass is 10.2. The van der Waals surface area contributed by atoms with Gasteiger partial charge >= 0.3 is 0 Å². The Morgan fingerprint density at radius 3 is 2.59 bits per heavy atom. The molecule has 0 saturated carbocycles. The van der Waals surface area contributed by atoms with Crippen LogP contribution >= 0.6 is 39.1 Å². The molecule has 148 valence electrons. The fourth-order valence-corrected chi connectivity index (χ4v) is 3.22. The predicted molar refractivity (Wildman–Crippen MR) is 117 cm³/mol. The van der Waals surface area contributed by atoms with E-state index in [0.717, 1.165) is 60.5 Å². The molecule has 1 N–H and O–H groups in total. The van der Waals surface area contributed by atoms with E-state index in [1.165, 1.54) is 6.42 Å². The van der Waals surface area contributed by atoms with Gasteiger partial charge in [0.25, 0.3) is 0 Å². The topological polar surface area (TPSA) is 30.5 Å². The summed E-state index contributed by atoms with van der Waals surface area (Å²) in [6, 6.07) is 11.6. The molecule has 6 heteroatoms. The second kappa shape index (κ2) is 12.6. The maximum Gasteiger partial charge on any atom is 0.124 e. The summed E-state index contributed by atoms with van der Waals surface area (Å²) in [5.74, 6) is 0.857. The van der Waals surface area contributed by atoms with E-state index in [1.54, 1.807) is 6.07 Å². The monoisotopic (exact) mass is 473 g/mol. The first-order valence-electron chi connectivity index (χ1n) is 9.23. The number of rotatable bonds is 12. The van der Waals surface area contributed by atoms with Gasteiger partial charge in [-0.25, -0.2) is 0 Å². The van der Waals surface area contributed by atoms with Crippen molar-refractivity contribution in [2.45, 2.75) is 39.3 Å². The van der Waals surface area contributed by atoms with Crippen molar-refractivity contribution in [3.8, 4) is 5.75 Å². The fraction of sp³-hybridized carbons (Fsp3) is 0.429. The summed E-state index contributed by atoms with van der Waals surface area (Å²) in [4.78, 5) is 0. The Bertz CT molecular complexity index is 713. The van der Waals surface area contributed by atoms with Crippen LogP contribution in [0.2, 0.25) is 10.0 Å². The van der Waals surface area contributed by atoms with Crippen molar-refractivity contribution in [3.63, 3.8) is 0 Å². The maximum absolute atomic E-state index is 6.07. The van der Waals surface area contributed by atoms with E-state index in [0.29, 0.717) is 16.7 Å². The van der Waals surface area contributed by atoms with Crippen molar-refractivity contribution in [3.05, 3.63) is 62.0 Å². The lowest BCUT2D eigenvalue weighted by Gasteiger charge is -2.13. The Balaban J connectivity index is 1.82. The average molecular weight is 475 g/mol. The highest BCUT2D eigenvalue weighted by molar-refractivity contribution is 9.10. The Labute approximate surface area is 180 Å². The summed E-state index contributed by atoms with van der Waals surface area (Å²) in [6.45, 7) is 5.91. The molecule has 0 heterocycles. The number of halogens is 3. The third-order valence-corrected chi connectivity index (χ3v) is 5.23. The molecule has 0 fully saturated rings. The molecule has 3 nitrogen and oxygen atoms in total. The summed E-state index contributed by atoms with van der Waals surface area (Å²) in [6.07, 6.45) is 3.30. The van der Waals surface area contributed by atoms with Gasteiger partial charge in [-0.05, 0) is 55.3 Å². The lowest BCUT2D eigenvalue weighted by Crippen LogP contribution is -2.17. The van der Waals surface area contributed by atoms with Gasteiger partial charge in [-0.1, -0.05) is 58.5 Å². The molecule has 0 bridgehead atoms. The van der Waals surface area contributed by atoms with Crippen LogP contribution in [0.4, 0.5) is 0 Å². The number of hydrogen-bond donors (Lipinski definition) is 1. The van der Waals surface area contributed by atoms with E-state index in [1.807, 2.05) is 24.3 Å². The highest BCUT2D eigenvalue weighted by atomic mass is 79.9. The van der Waals surface area contributed by atoms with Crippen molar-refractivity contribution in [2.24, 2.45) is 0 Å². The molecule has 0 aliphatic heterocycles. The van der Waals surface area contributed by atoms with Crippen LogP contribution in [0.15, 0.2) is 40.9 Å². The standard InChI is InChI=1S/C21H26BrCl2NO2/c1-2-3-10-26-11-4-9-25-14-17-13-18(22)6-8-21(17)27-15-16-5-7-19(23)20(24)12-16/h5-8,12-13,25H,2-4,9-11,14-15H2,1H3. The van der Waals surface area contributed by atoms with E-state index >= 15 is 0 Å². The summed E-state index contributed by atoms with van der Waals surface area (Å²) in [5, 5.41) is 4.54. The first-order valence-corrected chi connectivity index (χ1v) is 10.8. The van der Waals surface area contributed by atoms with Gasteiger partial charge in [0.1, 0.15) is 12.4 Å². The largest absolute Gasteiger partial charge is 0.489 e. The predicted octanol–water partition coefficient (Wildman–Crippen LogP) is 6.63. The molecule has 0 aromatic heterocycles. The fourth-order valence-electron chi connectivity index (χ4n) is 2.49. The molecule has 0 aliphatic rings. The molecule has 0 unspecified atom stereocenters. The molecule has 0 spiro atoms. The van der Waals surface area contributed by atoms with Gasteiger partial charge < -0.3 is 14.8 Å². The SMILES string of the molecule is CCCCOCCCNCc1cc(Br)ccc1OCc1ccc(Cl)c(Cl)c1. The second-order valence-corrected chi connectivity index (χ2v) is 8.02. The van der Waals surface area contributed by atoms with Gasteiger partial charge in [-0.2, -0.15) is 0 Å². The smallest absolute Gasteiger partial charge is 0.124 e. The molecule has 0 amide bonds. The van der Waals surface area contributed by atoms with E-state index in [9.17, 15) is 0 Å². The first kappa shape index (κ1) is 22.5. The highest BCUT2D eigenvalue weighted by Gasteiger charge is 2.06. The van der Waals surface area contributed by atoms with Gasteiger partial charge in [0.2, 0.25) is 0 Å². The van der Waals surface area contributed by atoms with Crippen LogP contribution in [0.1, 0.15) is 37.3 Å². The normalized spacial score (nSPS) is 11.0. The lowest BCUT2D eigenvalue weighted by molar-refractivity contribution is 0.128. The van der Waals surface area contributed by atoms with Crippen LogP contribution in [-0.2, 0) is 17.9 Å². The van der Waals surface area contributed by atoms with Crippen molar-refractivity contribution >= 4 is 39.1 Å². The Kier molecular flexibility index (Phi) is 10.5. The zero-order valence-corrected chi connectivity index (χ0v) is 18.7. The minimum Gasteiger partial charge on any atom is -0.489 e. The van der Waals surface area contributed by atoms with Crippen molar-refractivity contribution in [2.75, 3.05) is 19.8 Å². The summed E-state index contributed by atoms with van der Waals surface area (Å²) in [7, 11) is 0. The van der Waals surface area contributed by atoms with Crippen LogP contribution in [0.3, 0.4) is 0 Å². The van der Waals surface area contributed by atoms with Gasteiger partial charge in [-0.15, -0.1) is 0 Å². The molecule has 27 heavy (non-hydrogen) atoms. The quantitative estimate of drug-likeness (QED) is 0.350. The molecular formula is C21H26BrCl2NO2. The summed E-state index contributed by atoms with van der Waals surface area (Å²) < 4.78 is 12.6. The number of nitrogens with one attached hydrogen (secondary N) is 1. The van der Waals surface area contributed by atoms with Gasteiger partial charge in [0, 0.05) is 29.8 Å². The minimum absolute atomic E-state index is 0.441. The molecule has 2 aromatic rings. The Morgan fingerprint density at radius 2 is 1.81 bits per heavy atom. The molecule has 0 saturated heterocycles. The summed E-state index contributed by atoms with van der Waals surface area (Å²) >= 11 is 15.6. The number of hydrogen-bond acceptors (Lipinski definition) is 3. The van der Waals surface area contributed by atoms with E-state index in [-0.39, 0.29) is 0 Å². The molecular weight excluding hydrogens is 449 g/mol. The Hall–Kier alpha value is -0.780. The first-order chi connectivity index (χ1) is 13.1. The van der Waals surface area contributed by atoms with Gasteiger partial charge in [-0.3, -0.25) is 0 Å². The van der Waals surface area contributed by atoms with E-state index in [4.69, 9.17) is 32.7 Å². The zero-order valence-electron chi connectivity index (χ0n) is 15.6. The molecule has 2 aromatic carbocycles. The van der Waals surface area contributed by atoms with Gasteiger partial charge in [0.05, 0.1) is 10.0 Å². The minimum atomic E-state index is 0.441. The molecule has 0 aliphatic carbocycles. The molecule has 0 atom stereocenters. The zero-order chi connectivity index (χ0) is 19.5. The maximum atomic E-state index is 6.07. The van der Waals surface area contributed by atoms with Crippen LogP contribution in [-0.4, -0.2) is 19.8 Å². The second-order valence-electron chi connectivity index (χ2n) is 6.29. The van der Waals surface area contributed by atoms with Crippen molar-refractivity contribution in [1.29, 1.82) is 0 Å². The molecule has 2 rings (SSSR count). The summed E-state index contributed by atoms with van der Waals surface area (Å²) in [5.41, 5.74) is 2.09. The number of ether oxygens (including phenoxy) is 2. The van der Waals surface area contributed by atoms with E-state index in [2.05, 4.69) is 34.2 Å². The van der Waals surface area contributed by atoms with Crippen molar-refractivity contribution in [1.82, 2.24) is 5.32 Å². The third kappa shape index (κ3) is 8.41. The number of unbranched alkanes of at least 4 members (excludes halogenated alkanes) is 1. The molecule has 0 radical (unpaired) electrons. The number of benzene rings is 2. The van der Waals surface area contributed by atoms with Crippen LogP contribution < -0.4 is 10.1 Å². The average Bonchev–Trinajstić information content (AvgIpc) is 2.66. The van der Waals surface area contributed by atoms with Crippen LogP contribution in [0, 0.1) is 0 Å².